The van der Waals surface area contributed by atoms with Crippen molar-refractivity contribution in [2.24, 2.45) is 0 Å². The second-order valence-corrected chi connectivity index (χ2v) is 6.05. The molecule has 130 valence electrons. The Labute approximate surface area is 141 Å². The number of aromatic amines is 1. The second-order valence-electron chi connectivity index (χ2n) is 6.05. The van der Waals surface area contributed by atoms with Crippen LogP contribution in [0.4, 0.5) is 5.82 Å². The first-order valence-electron chi connectivity index (χ1n) is 7.75. The van der Waals surface area contributed by atoms with Gasteiger partial charge in [-0.2, -0.15) is 0 Å². The lowest BCUT2D eigenvalue weighted by Gasteiger charge is -2.45. The minimum Gasteiger partial charge on any atom is -0.353 e. The van der Waals surface area contributed by atoms with Gasteiger partial charge in [0.15, 0.2) is 0 Å². The summed E-state index contributed by atoms with van der Waals surface area (Å²) in [6.07, 6.45) is 6.16. The molecule has 0 radical (unpaired) electrons. The molecule has 1 aliphatic heterocycles. The van der Waals surface area contributed by atoms with Crippen molar-refractivity contribution in [3.05, 3.63) is 18.6 Å². The monoisotopic (exact) mass is 332 g/mol. The lowest BCUT2D eigenvalue weighted by atomic mass is 10.1. The number of hydrazine groups is 1. The molecule has 24 heavy (non-hydrogen) atoms. The molecule has 0 amide bonds. The number of carbonyl (C=O) groups excluding carboxylic acids is 2. The number of nitrogens with zero attached hydrogens (tertiary/aromatic N) is 5. The van der Waals surface area contributed by atoms with Gasteiger partial charge in [-0.15, -0.1) is 0 Å². The highest BCUT2D eigenvalue weighted by Crippen LogP contribution is 2.45. The number of fused-ring (bicyclic) bond motifs is 1. The van der Waals surface area contributed by atoms with E-state index in [2.05, 4.69) is 50.0 Å². The molecule has 8 heteroatoms. The minimum atomic E-state index is 0.329. The molecule has 0 atom stereocenters. The van der Waals surface area contributed by atoms with Gasteiger partial charge in [0.25, 0.3) is 0 Å². The fourth-order valence-corrected chi connectivity index (χ4v) is 3.44. The third-order valence-electron chi connectivity index (χ3n) is 4.56. The van der Waals surface area contributed by atoms with Gasteiger partial charge >= 0.3 is 0 Å². The summed E-state index contributed by atoms with van der Waals surface area (Å²) < 4.78 is 0. The van der Waals surface area contributed by atoms with Gasteiger partial charge in [0.1, 0.15) is 31.4 Å². The SMILES string of the molecule is C=O.C=O.CN(C)N1CCN(c2ncnc3[nH]ccc23)CC12CC2. The van der Waals surface area contributed by atoms with Gasteiger partial charge in [-0.05, 0) is 18.9 Å². The first-order chi connectivity index (χ1) is 11.7. The molecule has 0 bridgehead atoms. The quantitative estimate of drug-likeness (QED) is 0.867. The van der Waals surface area contributed by atoms with Gasteiger partial charge in [0.2, 0.25) is 0 Å². The van der Waals surface area contributed by atoms with Crippen LogP contribution in [0, 0.1) is 0 Å². The predicted molar refractivity (Wildman–Crippen MR) is 92.7 cm³/mol. The average Bonchev–Trinajstić information content (AvgIpc) is 3.20. The van der Waals surface area contributed by atoms with Crippen molar-refractivity contribution in [2.45, 2.75) is 18.4 Å². The molecular formula is C16H24N6O2. The maximum atomic E-state index is 8.00. The third kappa shape index (κ3) is 3.15. The van der Waals surface area contributed by atoms with E-state index in [0.29, 0.717) is 5.54 Å². The number of H-pyrrole nitrogens is 1. The van der Waals surface area contributed by atoms with Crippen LogP contribution in [0.2, 0.25) is 0 Å². The first-order valence-corrected chi connectivity index (χ1v) is 7.75. The summed E-state index contributed by atoms with van der Waals surface area (Å²) in [5.41, 5.74) is 1.25. The van der Waals surface area contributed by atoms with E-state index in [9.17, 15) is 0 Å². The molecule has 4 rings (SSSR count). The van der Waals surface area contributed by atoms with E-state index in [1.54, 1.807) is 6.33 Å². The van der Waals surface area contributed by atoms with Crippen molar-refractivity contribution >= 4 is 30.4 Å². The van der Waals surface area contributed by atoms with Gasteiger partial charge in [-0.3, -0.25) is 0 Å². The Morgan fingerprint density at radius 1 is 1.17 bits per heavy atom. The molecule has 1 saturated carbocycles. The van der Waals surface area contributed by atoms with Crippen LogP contribution in [0.25, 0.3) is 11.0 Å². The molecule has 1 saturated heterocycles. The van der Waals surface area contributed by atoms with Crippen LogP contribution in [0.3, 0.4) is 0 Å². The highest BCUT2D eigenvalue weighted by molar-refractivity contribution is 5.87. The summed E-state index contributed by atoms with van der Waals surface area (Å²) in [6, 6.07) is 2.07. The molecular weight excluding hydrogens is 308 g/mol. The number of rotatable bonds is 2. The molecule has 1 N–H and O–H groups in total. The van der Waals surface area contributed by atoms with Gasteiger partial charge in [0.05, 0.1) is 10.9 Å². The molecule has 2 aromatic rings. The number of aromatic nitrogens is 3. The Kier molecular flexibility index (Phi) is 5.63. The Hall–Kier alpha value is -2.32. The highest BCUT2D eigenvalue weighted by atomic mass is 16.1. The topological polar surface area (TPSA) is 85.4 Å². The molecule has 2 aromatic heterocycles. The molecule has 0 aromatic carbocycles. The smallest absolute Gasteiger partial charge is 0.142 e. The van der Waals surface area contributed by atoms with Crippen LogP contribution < -0.4 is 4.90 Å². The molecule has 2 aliphatic rings. The summed E-state index contributed by atoms with van der Waals surface area (Å²) >= 11 is 0. The summed E-state index contributed by atoms with van der Waals surface area (Å²) in [4.78, 5) is 30.4. The van der Waals surface area contributed by atoms with Crippen LogP contribution in [0.1, 0.15) is 12.8 Å². The fourth-order valence-electron chi connectivity index (χ4n) is 3.44. The van der Waals surface area contributed by atoms with E-state index in [1.165, 1.54) is 12.8 Å². The lowest BCUT2D eigenvalue weighted by Crippen LogP contribution is -2.59. The minimum absolute atomic E-state index is 0.329. The Bertz CT molecular complexity index is 667. The molecule has 1 aliphatic carbocycles. The first kappa shape index (κ1) is 18.0. The Morgan fingerprint density at radius 3 is 2.50 bits per heavy atom. The van der Waals surface area contributed by atoms with Crippen molar-refractivity contribution in [3.63, 3.8) is 0 Å². The van der Waals surface area contributed by atoms with E-state index in [-0.39, 0.29) is 0 Å². The van der Waals surface area contributed by atoms with Crippen molar-refractivity contribution in [1.29, 1.82) is 0 Å². The predicted octanol–water partition coefficient (Wildman–Crippen LogP) is 0.719. The van der Waals surface area contributed by atoms with Crippen molar-refractivity contribution in [2.75, 3.05) is 38.6 Å². The summed E-state index contributed by atoms with van der Waals surface area (Å²) in [6.45, 7) is 7.13. The van der Waals surface area contributed by atoms with E-state index < -0.39 is 0 Å². The molecule has 8 nitrogen and oxygen atoms in total. The van der Waals surface area contributed by atoms with Gasteiger partial charge in [-0.25, -0.2) is 20.0 Å². The van der Waals surface area contributed by atoms with E-state index in [0.717, 1.165) is 36.5 Å². The number of anilines is 1. The van der Waals surface area contributed by atoms with Gasteiger partial charge < -0.3 is 19.5 Å². The highest BCUT2D eigenvalue weighted by Gasteiger charge is 2.52. The van der Waals surface area contributed by atoms with Crippen molar-refractivity contribution < 1.29 is 9.59 Å². The number of carbonyl (C=O) groups is 2. The standard InChI is InChI=1S/C14H20N6.2CH2O/c1-18(2)20-8-7-19(9-14(20)4-5-14)13-11-3-6-15-12(11)16-10-17-13;2*1-2/h3,6,10H,4-5,7-9H2,1-2H3,(H,15,16,17);2*1H2. The molecule has 1 spiro atoms. The zero-order chi connectivity index (χ0) is 17.7. The van der Waals surface area contributed by atoms with Crippen LogP contribution in [-0.2, 0) is 9.59 Å². The summed E-state index contributed by atoms with van der Waals surface area (Å²) in [5, 5.41) is 5.89. The van der Waals surface area contributed by atoms with E-state index in [1.807, 2.05) is 19.8 Å². The summed E-state index contributed by atoms with van der Waals surface area (Å²) in [5.74, 6) is 1.07. The number of hydrogen-bond donors (Lipinski definition) is 1. The average molecular weight is 332 g/mol. The zero-order valence-electron chi connectivity index (χ0n) is 14.2. The zero-order valence-corrected chi connectivity index (χ0v) is 14.2. The molecule has 2 fully saturated rings. The number of nitrogens with one attached hydrogen (secondary N) is 1. The maximum absolute atomic E-state index is 8.00. The normalized spacial score (nSPS) is 18.7. The molecule has 0 unspecified atom stereocenters. The van der Waals surface area contributed by atoms with Crippen LogP contribution in [0.15, 0.2) is 18.6 Å². The van der Waals surface area contributed by atoms with Crippen molar-refractivity contribution in [1.82, 2.24) is 25.0 Å². The number of hydrogen-bond acceptors (Lipinski definition) is 7. The maximum Gasteiger partial charge on any atom is 0.142 e. The number of piperazine rings is 1. The van der Waals surface area contributed by atoms with Crippen molar-refractivity contribution in [3.8, 4) is 0 Å². The van der Waals surface area contributed by atoms with Crippen LogP contribution >= 0.6 is 0 Å². The third-order valence-corrected chi connectivity index (χ3v) is 4.56. The Balaban J connectivity index is 0.000000487. The van der Waals surface area contributed by atoms with E-state index in [4.69, 9.17) is 9.59 Å². The van der Waals surface area contributed by atoms with E-state index >= 15 is 0 Å². The Morgan fingerprint density at radius 2 is 1.88 bits per heavy atom. The fraction of sp³-hybridized carbons (Fsp3) is 0.500. The van der Waals surface area contributed by atoms with Gasteiger partial charge in [-0.1, -0.05) is 0 Å². The second kappa shape index (κ2) is 7.50. The van der Waals surface area contributed by atoms with Crippen LogP contribution in [0.5, 0.6) is 0 Å². The van der Waals surface area contributed by atoms with Crippen LogP contribution in [-0.4, -0.2) is 77.8 Å². The largest absolute Gasteiger partial charge is 0.353 e. The summed E-state index contributed by atoms with van der Waals surface area (Å²) in [7, 11) is 4.29. The van der Waals surface area contributed by atoms with Gasteiger partial charge in [0, 0.05) is 39.9 Å². The lowest BCUT2D eigenvalue weighted by molar-refractivity contribution is -0.0987. The molecule has 3 heterocycles.